The summed E-state index contributed by atoms with van der Waals surface area (Å²) < 4.78 is 0. The van der Waals surface area contributed by atoms with Crippen molar-refractivity contribution in [2.24, 2.45) is 11.8 Å². The largest absolute Gasteiger partial charge is 0.340 e. The van der Waals surface area contributed by atoms with Crippen LogP contribution >= 0.6 is 0 Å². The Morgan fingerprint density at radius 1 is 1.21 bits per heavy atom. The first kappa shape index (κ1) is 12.9. The molecular weight excluding hydrogens is 240 g/mol. The summed E-state index contributed by atoms with van der Waals surface area (Å²) in [6.07, 6.45) is 8.47. The fraction of sp³-hybridized carbons (Fsp3) is 0.867. The van der Waals surface area contributed by atoms with Gasteiger partial charge in [0.25, 0.3) is 0 Å². The lowest BCUT2D eigenvalue weighted by Crippen LogP contribution is -2.66. The third-order valence-electron chi connectivity index (χ3n) is 5.14. The maximum absolute atomic E-state index is 12.6. The molecule has 3 fully saturated rings. The summed E-state index contributed by atoms with van der Waals surface area (Å²) in [5.74, 6) is 1.29. The molecule has 0 radical (unpaired) electrons. The molecule has 2 saturated carbocycles. The van der Waals surface area contributed by atoms with Crippen molar-refractivity contribution in [2.75, 3.05) is 13.1 Å². The average molecular weight is 264 g/mol. The maximum atomic E-state index is 12.6. The van der Waals surface area contributed by atoms with E-state index in [9.17, 15) is 9.59 Å². The molecule has 19 heavy (non-hydrogen) atoms. The van der Waals surface area contributed by atoms with Gasteiger partial charge in [0.15, 0.2) is 0 Å². The van der Waals surface area contributed by atoms with Gasteiger partial charge in [-0.2, -0.15) is 0 Å². The topological polar surface area (TPSA) is 49.4 Å². The summed E-state index contributed by atoms with van der Waals surface area (Å²) in [7, 11) is 0. The molecule has 1 atom stereocenters. The zero-order valence-corrected chi connectivity index (χ0v) is 11.8. The summed E-state index contributed by atoms with van der Waals surface area (Å²) in [6.45, 7) is 2.93. The Morgan fingerprint density at radius 3 is 2.53 bits per heavy atom. The van der Waals surface area contributed by atoms with Crippen molar-refractivity contribution in [2.45, 2.75) is 57.4 Å². The van der Waals surface area contributed by atoms with Crippen molar-refractivity contribution in [3.63, 3.8) is 0 Å². The maximum Gasteiger partial charge on any atom is 0.248 e. The van der Waals surface area contributed by atoms with Crippen LogP contribution in [0, 0.1) is 11.8 Å². The molecule has 1 unspecified atom stereocenters. The van der Waals surface area contributed by atoms with E-state index in [4.69, 9.17) is 0 Å². The van der Waals surface area contributed by atoms with E-state index in [0.29, 0.717) is 5.92 Å². The molecule has 0 spiro atoms. The van der Waals surface area contributed by atoms with Crippen LogP contribution in [-0.4, -0.2) is 35.3 Å². The van der Waals surface area contributed by atoms with Crippen LogP contribution in [-0.2, 0) is 9.59 Å². The van der Waals surface area contributed by atoms with Crippen molar-refractivity contribution >= 4 is 11.8 Å². The highest BCUT2D eigenvalue weighted by Gasteiger charge is 2.52. The first-order chi connectivity index (χ1) is 9.09. The van der Waals surface area contributed by atoms with E-state index >= 15 is 0 Å². The van der Waals surface area contributed by atoms with Crippen molar-refractivity contribution < 1.29 is 9.59 Å². The summed E-state index contributed by atoms with van der Waals surface area (Å²) in [5.41, 5.74) is -0.620. The number of carbonyl (C=O) groups excluding carboxylic acids is 2. The van der Waals surface area contributed by atoms with Gasteiger partial charge in [0.05, 0.1) is 6.54 Å². The quantitative estimate of drug-likeness (QED) is 0.840. The number of rotatable bonds is 4. The number of carbonyl (C=O) groups is 2. The SMILES string of the molecule is CC1(C2CC2)NC(=O)CN(CCC2CCCC2)C1=O. The lowest BCUT2D eigenvalue weighted by atomic mass is 9.91. The molecule has 1 aliphatic heterocycles. The molecule has 0 aromatic heterocycles. The van der Waals surface area contributed by atoms with Gasteiger partial charge in [-0.05, 0) is 38.0 Å². The van der Waals surface area contributed by atoms with E-state index < -0.39 is 5.54 Å². The Morgan fingerprint density at radius 2 is 1.89 bits per heavy atom. The van der Waals surface area contributed by atoms with Crippen molar-refractivity contribution in [1.29, 1.82) is 0 Å². The second-order valence-corrected chi connectivity index (χ2v) is 6.69. The van der Waals surface area contributed by atoms with Crippen LogP contribution in [0.2, 0.25) is 0 Å². The molecule has 1 heterocycles. The van der Waals surface area contributed by atoms with Crippen molar-refractivity contribution in [1.82, 2.24) is 10.2 Å². The van der Waals surface area contributed by atoms with Crippen LogP contribution in [0.1, 0.15) is 51.9 Å². The van der Waals surface area contributed by atoms with Gasteiger partial charge in [-0.3, -0.25) is 9.59 Å². The predicted molar refractivity (Wildman–Crippen MR) is 72.4 cm³/mol. The highest BCUT2D eigenvalue weighted by atomic mass is 16.2. The Hall–Kier alpha value is -1.06. The lowest BCUT2D eigenvalue weighted by Gasteiger charge is -2.40. The molecule has 106 valence electrons. The second-order valence-electron chi connectivity index (χ2n) is 6.69. The number of nitrogens with one attached hydrogen (secondary N) is 1. The smallest absolute Gasteiger partial charge is 0.248 e. The minimum Gasteiger partial charge on any atom is -0.340 e. The molecule has 0 aromatic carbocycles. The number of nitrogens with zero attached hydrogens (tertiary/aromatic N) is 1. The predicted octanol–water partition coefficient (Wildman–Crippen LogP) is 1.69. The standard InChI is InChI=1S/C15H24N2O2/c1-15(12-6-7-12)14(19)17(10-13(18)16-15)9-8-11-4-2-3-5-11/h11-12H,2-10H2,1H3,(H,16,18). The first-order valence-electron chi connectivity index (χ1n) is 7.70. The van der Waals surface area contributed by atoms with Gasteiger partial charge in [0.2, 0.25) is 11.8 Å². The Kier molecular flexibility index (Phi) is 3.27. The number of hydrogen-bond acceptors (Lipinski definition) is 2. The number of hydrogen-bond donors (Lipinski definition) is 1. The molecular formula is C15H24N2O2. The summed E-state index contributed by atoms with van der Waals surface area (Å²) in [6, 6.07) is 0. The van der Waals surface area contributed by atoms with Crippen molar-refractivity contribution in [3.8, 4) is 0 Å². The molecule has 1 N–H and O–H groups in total. The van der Waals surface area contributed by atoms with Crippen LogP contribution in [0.4, 0.5) is 0 Å². The summed E-state index contributed by atoms with van der Waals surface area (Å²) >= 11 is 0. The summed E-state index contributed by atoms with van der Waals surface area (Å²) in [5, 5.41) is 2.93. The van der Waals surface area contributed by atoms with Gasteiger partial charge in [0.1, 0.15) is 5.54 Å². The van der Waals surface area contributed by atoms with Crippen LogP contribution < -0.4 is 5.32 Å². The molecule has 3 aliphatic rings. The number of amides is 2. The zero-order valence-electron chi connectivity index (χ0n) is 11.8. The van der Waals surface area contributed by atoms with Gasteiger partial charge in [-0.1, -0.05) is 25.7 Å². The van der Waals surface area contributed by atoms with E-state index in [1.54, 1.807) is 4.90 Å². The molecule has 4 heteroatoms. The van der Waals surface area contributed by atoms with Gasteiger partial charge in [-0.25, -0.2) is 0 Å². The van der Waals surface area contributed by atoms with E-state index in [0.717, 1.165) is 31.7 Å². The fourth-order valence-electron chi connectivity index (χ4n) is 3.71. The lowest BCUT2D eigenvalue weighted by molar-refractivity contribution is -0.150. The van der Waals surface area contributed by atoms with Crippen LogP contribution in [0.3, 0.4) is 0 Å². The van der Waals surface area contributed by atoms with Gasteiger partial charge in [-0.15, -0.1) is 0 Å². The third kappa shape index (κ3) is 2.49. The molecule has 4 nitrogen and oxygen atoms in total. The fourth-order valence-corrected chi connectivity index (χ4v) is 3.71. The van der Waals surface area contributed by atoms with E-state index in [1.165, 1.54) is 25.7 Å². The van der Waals surface area contributed by atoms with Gasteiger partial charge in [0, 0.05) is 6.54 Å². The third-order valence-corrected chi connectivity index (χ3v) is 5.14. The van der Waals surface area contributed by atoms with Crippen LogP contribution in [0.15, 0.2) is 0 Å². The first-order valence-corrected chi connectivity index (χ1v) is 7.70. The Balaban J connectivity index is 1.62. The van der Waals surface area contributed by atoms with Gasteiger partial charge >= 0.3 is 0 Å². The minimum atomic E-state index is -0.620. The molecule has 0 aromatic rings. The molecule has 0 bridgehead atoms. The second kappa shape index (κ2) is 4.80. The highest BCUT2D eigenvalue weighted by Crippen LogP contribution is 2.41. The molecule has 2 aliphatic carbocycles. The van der Waals surface area contributed by atoms with E-state index in [2.05, 4.69) is 5.32 Å². The zero-order chi connectivity index (χ0) is 13.5. The Labute approximate surface area is 114 Å². The highest BCUT2D eigenvalue weighted by molar-refractivity contribution is 5.98. The van der Waals surface area contributed by atoms with Crippen LogP contribution in [0.25, 0.3) is 0 Å². The van der Waals surface area contributed by atoms with Crippen molar-refractivity contribution in [3.05, 3.63) is 0 Å². The normalized spacial score (nSPS) is 32.8. The Bertz CT molecular complexity index is 386. The van der Waals surface area contributed by atoms with E-state index in [-0.39, 0.29) is 18.4 Å². The van der Waals surface area contributed by atoms with Crippen LogP contribution in [0.5, 0.6) is 0 Å². The van der Waals surface area contributed by atoms with E-state index in [1.807, 2.05) is 6.92 Å². The van der Waals surface area contributed by atoms with Gasteiger partial charge < -0.3 is 10.2 Å². The number of piperazine rings is 1. The minimum absolute atomic E-state index is 0.0143. The summed E-state index contributed by atoms with van der Waals surface area (Å²) in [4.78, 5) is 26.2. The molecule has 1 saturated heterocycles. The monoisotopic (exact) mass is 264 g/mol. The molecule has 2 amide bonds. The average Bonchev–Trinajstić information content (AvgIpc) is 3.11. The molecule has 3 rings (SSSR count).